The number of aryl methyl sites for hydroxylation is 1. The molecule has 2 aromatic carbocycles. The highest BCUT2D eigenvalue weighted by Crippen LogP contribution is 2.26. The number of amides is 1. The molecule has 7 heteroatoms. The fourth-order valence-corrected chi connectivity index (χ4v) is 2.20. The van der Waals surface area contributed by atoms with E-state index in [1.54, 1.807) is 18.2 Å². The molecule has 0 radical (unpaired) electrons. The number of rotatable bonds is 3. The molecule has 2 aromatic rings. The van der Waals surface area contributed by atoms with E-state index in [2.05, 4.69) is 5.32 Å². The number of nitro benzene ring substituents is 1. The second-order valence-corrected chi connectivity index (χ2v) is 5.17. The average molecular weight is 325 g/mol. The number of benzene rings is 2. The van der Waals surface area contributed by atoms with Crippen molar-refractivity contribution < 1.29 is 9.72 Å². The number of nitrogens with one attached hydrogen (secondary N) is 1. The minimum atomic E-state index is -0.591. The van der Waals surface area contributed by atoms with Crippen LogP contribution in [-0.4, -0.2) is 10.8 Å². The molecule has 0 spiro atoms. The Morgan fingerprint density at radius 3 is 2.48 bits per heavy atom. The third kappa shape index (κ3) is 3.51. The summed E-state index contributed by atoms with van der Waals surface area (Å²) in [6.45, 7) is 1.87. The number of hydrogen-bond acceptors (Lipinski definition) is 3. The summed E-state index contributed by atoms with van der Waals surface area (Å²) in [5, 5.41) is 13.8. The van der Waals surface area contributed by atoms with Crippen molar-refractivity contribution in [3.05, 3.63) is 67.7 Å². The lowest BCUT2D eigenvalue weighted by Crippen LogP contribution is -2.13. The fraction of sp³-hybridized carbons (Fsp3) is 0.0714. The number of non-ortho nitro benzene ring substituents is 1. The molecule has 0 aliphatic heterocycles. The van der Waals surface area contributed by atoms with Gasteiger partial charge in [-0.25, -0.2) is 0 Å². The van der Waals surface area contributed by atoms with Crippen molar-refractivity contribution in [3.8, 4) is 0 Å². The highest BCUT2D eigenvalue weighted by Gasteiger charge is 2.16. The Morgan fingerprint density at radius 1 is 1.14 bits per heavy atom. The molecule has 108 valence electrons. The number of carbonyl (C=O) groups excluding carboxylic acids is 1. The monoisotopic (exact) mass is 324 g/mol. The van der Waals surface area contributed by atoms with E-state index in [0.717, 1.165) is 11.6 Å². The smallest absolute Gasteiger partial charge is 0.270 e. The molecule has 0 fully saturated rings. The van der Waals surface area contributed by atoms with E-state index in [4.69, 9.17) is 23.2 Å². The van der Waals surface area contributed by atoms with Crippen LogP contribution in [0.2, 0.25) is 10.0 Å². The maximum atomic E-state index is 12.2. The first-order valence-electron chi connectivity index (χ1n) is 5.90. The van der Waals surface area contributed by atoms with Crippen LogP contribution in [0.4, 0.5) is 11.4 Å². The van der Waals surface area contributed by atoms with Crippen LogP contribution in [0.25, 0.3) is 0 Å². The molecule has 5 nitrogen and oxygen atoms in total. The first kappa shape index (κ1) is 15.3. The van der Waals surface area contributed by atoms with Gasteiger partial charge in [0.2, 0.25) is 0 Å². The molecule has 0 aromatic heterocycles. The molecular formula is C14H10Cl2N2O3. The quantitative estimate of drug-likeness (QED) is 0.669. The molecule has 0 unspecified atom stereocenters. The Morgan fingerprint density at radius 2 is 1.86 bits per heavy atom. The SMILES string of the molecule is Cc1ccc(NC(=O)c2cc([N+](=O)[O-])ccc2Cl)c(Cl)c1. The van der Waals surface area contributed by atoms with Crippen LogP contribution in [-0.2, 0) is 0 Å². The van der Waals surface area contributed by atoms with E-state index in [1.165, 1.54) is 12.1 Å². The first-order valence-corrected chi connectivity index (χ1v) is 6.65. The van der Waals surface area contributed by atoms with Gasteiger partial charge >= 0.3 is 0 Å². The van der Waals surface area contributed by atoms with Crippen molar-refractivity contribution in [3.63, 3.8) is 0 Å². The van der Waals surface area contributed by atoms with Crippen molar-refractivity contribution >= 4 is 40.5 Å². The maximum absolute atomic E-state index is 12.2. The Bertz CT molecular complexity index is 732. The predicted molar refractivity (Wildman–Crippen MR) is 82.2 cm³/mol. The highest BCUT2D eigenvalue weighted by atomic mass is 35.5. The Labute approximate surface area is 130 Å². The van der Waals surface area contributed by atoms with Gasteiger partial charge in [0, 0.05) is 12.1 Å². The normalized spacial score (nSPS) is 10.2. The third-order valence-corrected chi connectivity index (χ3v) is 3.42. The Hall–Kier alpha value is -2.11. The molecule has 0 saturated heterocycles. The highest BCUT2D eigenvalue weighted by molar-refractivity contribution is 6.36. The van der Waals surface area contributed by atoms with Gasteiger partial charge in [0.05, 0.1) is 26.2 Å². The Kier molecular flexibility index (Phi) is 4.45. The van der Waals surface area contributed by atoms with Crippen LogP contribution in [0.15, 0.2) is 36.4 Å². The summed E-state index contributed by atoms with van der Waals surface area (Å²) in [6, 6.07) is 8.81. The van der Waals surface area contributed by atoms with Crippen molar-refractivity contribution in [2.24, 2.45) is 0 Å². The lowest BCUT2D eigenvalue weighted by Gasteiger charge is -2.09. The second-order valence-electron chi connectivity index (χ2n) is 4.36. The van der Waals surface area contributed by atoms with Gasteiger partial charge in [-0.3, -0.25) is 14.9 Å². The number of nitro groups is 1. The van der Waals surface area contributed by atoms with Gasteiger partial charge in [-0.2, -0.15) is 0 Å². The number of halogens is 2. The lowest BCUT2D eigenvalue weighted by molar-refractivity contribution is -0.384. The summed E-state index contributed by atoms with van der Waals surface area (Å²) >= 11 is 11.9. The van der Waals surface area contributed by atoms with Gasteiger partial charge in [0.1, 0.15) is 0 Å². The van der Waals surface area contributed by atoms with Crippen LogP contribution in [0.5, 0.6) is 0 Å². The van der Waals surface area contributed by atoms with Crippen molar-refractivity contribution in [2.45, 2.75) is 6.92 Å². The molecule has 1 N–H and O–H groups in total. The van der Waals surface area contributed by atoms with Crippen LogP contribution in [0.1, 0.15) is 15.9 Å². The summed E-state index contributed by atoms with van der Waals surface area (Å²) in [5.74, 6) is -0.561. The zero-order chi connectivity index (χ0) is 15.6. The van der Waals surface area contributed by atoms with Crippen LogP contribution >= 0.6 is 23.2 Å². The van der Waals surface area contributed by atoms with Crippen molar-refractivity contribution in [1.82, 2.24) is 0 Å². The molecule has 0 aliphatic rings. The van der Waals surface area contributed by atoms with Crippen LogP contribution in [0.3, 0.4) is 0 Å². The molecule has 0 bridgehead atoms. The van der Waals surface area contributed by atoms with E-state index < -0.39 is 10.8 Å². The zero-order valence-electron chi connectivity index (χ0n) is 10.9. The minimum absolute atomic E-state index is 0.0162. The lowest BCUT2D eigenvalue weighted by atomic mass is 10.1. The van der Waals surface area contributed by atoms with Gasteiger partial charge < -0.3 is 5.32 Å². The number of hydrogen-bond donors (Lipinski definition) is 1. The fourth-order valence-electron chi connectivity index (χ4n) is 1.71. The largest absolute Gasteiger partial charge is 0.321 e. The first-order chi connectivity index (χ1) is 9.88. The molecule has 0 saturated carbocycles. The average Bonchev–Trinajstić information content (AvgIpc) is 2.42. The summed E-state index contributed by atoms with van der Waals surface area (Å²) in [4.78, 5) is 22.3. The molecule has 2 rings (SSSR count). The zero-order valence-corrected chi connectivity index (χ0v) is 12.4. The van der Waals surface area contributed by atoms with Gasteiger partial charge in [-0.1, -0.05) is 29.3 Å². The van der Waals surface area contributed by atoms with E-state index in [0.29, 0.717) is 10.7 Å². The van der Waals surface area contributed by atoms with Crippen molar-refractivity contribution in [2.75, 3.05) is 5.32 Å². The van der Waals surface area contributed by atoms with Crippen LogP contribution in [0, 0.1) is 17.0 Å². The molecule has 1 amide bonds. The third-order valence-electron chi connectivity index (χ3n) is 2.78. The van der Waals surface area contributed by atoms with E-state index >= 15 is 0 Å². The summed E-state index contributed by atoms with van der Waals surface area (Å²) in [5.41, 5.74) is 1.17. The topological polar surface area (TPSA) is 72.2 Å². The van der Waals surface area contributed by atoms with E-state index in [1.807, 2.05) is 6.92 Å². The standard InChI is InChI=1S/C14H10Cl2N2O3/c1-8-2-5-13(12(16)6-8)17-14(19)10-7-9(18(20)21)3-4-11(10)15/h2-7H,1H3,(H,17,19). The Balaban J connectivity index is 2.32. The number of nitrogens with zero attached hydrogens (tertiary/aromatic N) is 1. The minimum Gasteiger partial charge on any atom is -0.321 e. The molecule has 0 heterocycles. The summed E-state index contributed by atoms with van der Waals surface area (Å²) in [6.07, 6.45) is 0. The summed E-state index contributed by atoms with van der Waals surface area (Å²) in [7, 11) is 0. The number of anilines is 1. The van der Waals surface area contributed by atoms with Gasteiger partial charge in [-0.15, -0.1) is 0 Å². The van der Waals surface area contributed by atoms with Gasteiger partial charge in [0.25, 0.3) is 11.6 Å². The van der Waals surface area contributed by atoms with Gasteiger partial charge in [0.15, 0.2) is 0 Å². The maximum Gasteiger partial charge on any atom is 0.270 e. The number of carbonyl (C=O) groups is 1. The van der Waals surface area contributed by atoms with Crippen LogP contribution < -0.4 is 5.32 Å². The predicted octanol–water partition coefficient (Wildman–Crippen LogP) is 4.46. The summed E-state index contributed by atoms with van der Waals surface area (Å²) < 4.78 is 0. The second kappa shape index (κ2) is 6.11. The molecule has 21 heavy (non-hydrogen) atoms. The van der Waals surface area contributed by atoms with E-state index in [9.17, 15) is 14.9 Å². The van der Waals surface area contributed by atoms with Crippen molar-refractivity contribution in [1.29, 1.82) is 0 Å². The molecule has 0 atom stereocenters. The molecular weight excluding hydrogens is 315 g/mol. The molecule has 0 aliphatic carbocycles. The van der Waals surface area contributed by atoms with Gasteiger partial charge in [-0.05, 0) is 30.7 Å². The van der Waals surface area contributed by atoms with E-state index in [-0.39, 0.29) is 16.3 Å².